The van der Waals surface area contributed by atoms with E-state index in [2.05, 4.69) is 29.3 Å². The van der Waals surface area contributed by atoms with E-state index in [0.29, 0.717) is 5.95 Å². The standard InChI is InChI=1S/C21H23N5O/c1-14-6-8-16(9-7-14)23-20-17-4-2-3-5-18(17)24-21(25-20)26-12-10-15(11-13-26)19(22)27/h2-9,15H,10-13H2,1H3,(H2,22,27)(H,23,24,25). The zero-order valence-electron chi connectivity index (χ0n) is 15.4. The van der Waals surface area contributed by atoms with Gasteiger partial charge in [-0.05, 0) is 44.0 Å². The quantitative estimate of drug-likeness (QED) is 0.744. The molecule has 1 aliphatic rings. The van der Waals surface area contributed by atoms with Crippen LogP contribution in [0.1, 0.15) is 18.4 Å². The van der Waals surface area contributed by atoms with Crippen LogP contribution in [0.5, 0.6) is 0 Å². The Bertz CT molecular complexity index is 962. The topological polar surface area (TPSA) is 84.1 Å². The van der Waals surface area contributed by atoms with Gasteiger partial charge in [-0.2, -0.15) is 4.98 Å². The van der Waals surface area contributed by atoms with Gasteiger partial charge in [0.2, 0.25) is 11.9 Å². The Kier molecular flexibility index (Phi) is 4.62. The summed E-state index contributed by atoms with van der Waals surface area (Å²) in [5.41, 5.74) is 8.55. The van der Waals surface area contributed by atoms with Crippen molar-refractivity contribution in [1.29, 1.82) is 0 Å². The molecule has 1 aromatic heterocycles. The molecule has 0 unspecified atom stereocenters. The highest BCUT2D eigenvalue weighted by molar-refractivity contribution is 5.91. The lowest BCUT2D eigenvalue weighted by Crippen LogP contribution is -2.39. The van der Waals surface area contributed by atoms with Gasteiger partial charge in [0.15, 0.2) is 0 Å². The molecule has 27 heavy (non-hydrogen) atoms. The second kappa shape index (κ2) is 7.23. The van der Waals surface area contributed by atoms with Crippen molar-refractivity contribution in [3.63, 3.8) is 0 Å². The van der Waals surface area contributed by atoms with Gasteiger partial charge < -0.3 is 16.0 Å². The predicted octanol–water partition coefficient (Wildman–Crippen LogP) is 3.38. The summed E-state index contributed by atoms with van der Waals surface area (Å²) in [5, 5.41) is 4.41. The minimum Gasteiger partial charge on any atom is -0.369 e. The minimum atomic E-state index is -0.212. The summed E-state index contributed by atoms with van der Waals surface area (Å²) in [6.07, 6.45) is 1.48. The number of para-hydroxylation sites is 1. The molecular weight excluding hydrogens is 338 g/mol. The first-order valence-corrected chi connectivity index (χ1v) is 9.25. The Hall–Kier alpha value is -3.15. The molecule has 0 saturated carbocycles. The lowest BCUT2D eigenvalue weighted by molar-refractivity contribution is -0.122. The van der Waals surface area contributed by atoms with Crippen LogP contribution in [0.15, 0.2) is 48.5 Å². The molecule has 3 aromatic rings. The average molecular weight is 361 g/mol. The Morgan fingerprint density at radius 2 is 1.78 bits per heavy atom. The molecule has 1 aliphatic heterocycles. The number of fused-ring (bicyclic) bond motifs is 1. The molecule has 2 aromatic carbocycles. The van der Waals surface area contributed by atoms with Crippen molar-refractivity contribution in [3.8, 4) is 0 Å². The fraction of sp³-hybridized carbons (Fsp3) is 0.286. The number of amides is 1. The molecule has 4 rings (SSSR count). The van der Waals surface area contributed by atoms with Crippen molar-refractivity contribution in [1.82, 2.24) is 9.97 Å². The van der Waals surface area contributed by atoms with Crippen molar-refractivity contribution in [3.05, 3.63) is 54.1 Å². The van der Waals surface area contributed by atoms with Crippen molar-refractivity contribution < 1.29 is 4.79 Å². The Morgan fingerprint density at radius 3 is 2.48 bits per heavy atom. The number of carbonyl (C=O) groups is 1. The number of nitrogens with zero attached hydrogens (tertiary/aromatic N) is 3. The molecule has 0 radical (unpaired) electrons. The zero-order chi connectivity index (χ0) is 18.8. The molecule has 138 valence electrons. The molecule has 1 amide bonds. The lowest BCUT2D eigenvalue weighted by Gasteiger charge is -2.31. The molecule has 6 heteroatoms. The monoisotopic (exact) mass is 361 g/mol. The smallest absolute Gasteiger partial charge is 0.227 e. The average Bonchev–Trinajstić information content (AvgIpc) is 2.69. The van der Waals surface area contributed by atoms with Crippen LogP contribution in [0.2, 0.25) is 0 Å². The van der Waals surface area contributed by atoms with Gasteiger partial charge in [0, 0.05) is 30.1 Å². The number of piperidine rings is 1. The number of aromatic nitrogens is 2. The SMILES string of the molecule is Cc1ccc(Nc2nc(N3CCC(C(N)=O)CC3)nc3ccccc23)cc1. The van der Waals surface area contributed by atoms with E-state index in [1.807, 2.05) is 36.4 Å². The molecule has 0 spiro atoms. The van der Waals surface area contributed by atoms with E-state index in [4.69, 9.17) is 15.7 Å². The van der Waals surface area contributed by atoms with E-state index >= 15 is 0 Å². The van der Waals surface area contributed by atoms with Gasteiger partial charge in [0.25, 0.3) is 0 Å². The highest BCUT2D eigenvalue weighted by Crippen LogP contribution is 2.28. The summed E-state index contributed by atoms with van der Waals surface area (Å²) in [7, 11) is 0. The van der Waals surface area contributed by atoms with Crippen LogP contribution in [0.25, 0.3) is 10.9 Å². The summed E-state index contributed by atoms with van der Waals surface area (Å²) in [6, 6.07) is 16.2. The van der Waals surface area contributed by atoms with E-state index in [1.165, 1.54) is 5.56 Å². The van der Waals surface area contributed by atoms with Gasteiger partial charge in [-0.3, -0.25) is 4.79 Å². The molecule has 1 fully saturated rings. The van der Waals surface area contributed by atoms with Crippen LogP contribution in [0, 0.1) is 12.8 Å². The third-order valence-electron chi connectivity index (χ3n) is 5.09. The van der Waals surface area contributed by atoms with E-state index in [9.17, 15) is 4.79 Å². The maximum absolute atomic E-state index is 11.4. The number of nitrogens with one attached hydrogen (secondary N) is 1. The number of aryl methyl sites for hydroxylation is 1. The maximum Gasteiger partial charge on any atom is 0.227 e. The van der Waals surface area contributed by atoms with Crippen molar-refractivity contribution in [2.75, 3.05) is 23.3 Å². The predicted molar refractivity (Wildman–Crippen MR) is 108 cm³/mol. The Morgan fingerprint density at radius 1 is 1.07 bits per heavy atom. The summed E-state index contributed by atoms with van der Waals surface area (Å²) < 4.78 is 0. The van der Waals surface area contributed by atoms with Crippen molar-refractivity contribution in [2.24, 2.45) is 11.7 Å². The number of anilines is 3. The van der Waals surface area contributed by atoms with Gasteiger partial charge in [-0.25, -0.2) is 4.98 Å². The highest BCUT2D eigenvalue weighted by Gasteiger charge is 2.25. The van der Waals surface area contributed by atoms with Crippen LogP contribution in [0.4, 0.5) is 17.5 Å². The first-order valence-electron chi connectivity index (χ1n) is 9.25. The van der Waals surface area contributed by atoms with Crippen molar-refractivity contribution >= 4 is 34.3 Å². The van der Waals surface area contributed by atoms with E-state index < -0.39 is 0 Å². The van der Waals surface area contributed by atoms with Crippen LogP contribution in [0.3, 0.4) is 0 Å². The maximum atomic E-state index is 11.4. The summed E-state index contributed by atoms with van der Waals surface area (Å²) in [4.78, 5) is 23.1. The van der Waals surface area contributed by atoms with Crippen LogP contribution in [-0.4, -0.2) is 29.0 Å². The summed E-state index contributed by atoms with van der Waals surface area (Å²) in [5.74, 6) is 1.21. The number of rotatable bonds is 4. The third-order valence-corrected chi connectivity index (χ3v) is 5.09. The van der Waals surface area contributed by atoms with E-state index in [1.54, 1.807) is 0 Å². The highest BCUT2D eigenvalue weighted by atomic mass is 16.1. The number of carbonyl (C=O) groups excluding carboxylic acids is 1. The Labute approximate surface area is 158 Å². The molecule has 3 N–H and O–H groups in total. The number of primary amides is 1. The lowest BCUT2D eigenvalue weighted by atomic mass is 9.96. The molecule has 0 atom stereocenters. The summed E-state index contributed by atoms with van der Waals surface area (Å²) >= 11 is 0. The van der Waals surface area contributed by atoms with Crippen molar-refractivity contribution in [2.45, 2.75) is 19.8 Å². The van der Waals surface area contributed by atoms with E-state index in [-0.39, 0.29) is 11.8 Å². The fourth-order valence-electron chi connectivity index (χ4n) is 3.44. The molecule has 0 bridgehead atoms. The number of benzene rings is 2. The number of nitrogens with two attached hydrogens (primary N) is 1. The molecule has 6 nitrogen and oxygen atoms in total. The van der Waals surface area contributed by atoms with Crippen LogP contribution >= 0.6 is 0 Å². The van der Waals surface area contributed by atoms with Crippen LogP contribution in [-0.2, 0) is 4.79 Å². The van der Waals surface area contributed by atoms with E-state index in [0.717, 1.165) is 48.3 Å². The number of hydrogen-bond acceptors (Lipinski definition) is 5. The Balaban J connectivity index is 1.66. The van der Waals surface area contributed by atoms with Gasteiger partial charge in [0.1, 0.15) is 5.82 Å². The third kappa shape index (κ3) is 3.69. The van der Waals surface area contributed by atoms with Gasteiger partial charge in [-0.1, -0.05) is 29.8 Å². The normalized spacial score (nSPS) is 15.1. The first-order chi connectivity index (χ1) is 13.1. The minimum absolute atomic E-state index is 0.0492. The molecule has 1 saturated heterocycles. The summed E-state index contributed by atoms with van der Waals surface area (Å²) in [6.45, 7) is 3.53. The fourth-order valence-corrected chi connectivity index (χ4v) is 3.44. The largest absolute Gasteiger partial charge is 0.369 e. The van der Waals surface area contributed by atoms with Gasteiger partial charge >= 0.3 is 0 Å². The molecule has 0 aliphatic carbocycles. The number of hydrogen-bond donors (Lipinski definition) is 2. The first kappa shape index (κ1) is 17.3. The van der Waals surface area contributed by atoms with Crippen LogP contribution < -0.4 is 16.0 Å². The van der Waals surface area contributed by atoms with Gasteiger partial charge in [0.05, 0.1) is 5.52 Å². The second-order valence-electron chi connectivity index (χ2n) is 7.04. The molecular formula is C21H23N5O. The zero-order valence-corrected chi connectivity index (χ0v) is 15.4. The second-order valence-corrected chi connectivity index (χ2v) is 7.04. The van der Waals surface area contributed by atoms with Gasteiger partial charge in [-0.15, -0.1) is 0 Å². The molecule has 2 heterocycles.